The van der Waals surface area contributed by atoms with Gasteiger partial charge in [-0.15, -0.1) is 0 Å². The number of carbonyl (C=O) groups is 1. The minimum absolute atomic E-state index is 0.0943. The van der Waals surface area contributed by atoms with Crippen LogP contribution in [0, 0.1) is 0 Å². The quantitative estimate of drug-likeness (QED) is 0.830. The highest BCUT2D eigenvalue weighted by Crippen LogP contribution is 2.19. The molecular weight excluding hydrogens is 290 g/mol. The Kier molecular flexibility index (Phi) is 5.46. The second-order valence-electron chi connectivity index (χ2n) is 4.33. The maximum atomic E-state index is 11.0. The van der Waals surface area contributed by atoms with Crippen molar-refractivity contribution in [3.8, 4) is 5.75 Å². The van der Waals surface area contributed by atoms with E-state index in [1.807, 2.05) is 36.4 Å². The molecule has 0 spiro atoms. The summed E-state index contributed by atoms with van der Waals surface area (Å²) in [6, 6.07) is 15.0. The molecule has 0 fully saturated rings. The topological polar surface area (TPSA) is 47.6 Å². The number of rotatable bonds is 6. The molecule has 5 heteroatoms. The summed E-state index contributed by atoms with van der Waals surface area (Å²) in [5.74, 6) is 0.208. The van der Waals surface area contributed by atoms with E-state index < -0.39 is 5.97 Å². The Bertz CT molecular complexity index is 599. The van der Waals surface area contributed by atoms with Gasteiger partial charge < -0.3 is 14.8 Å². The molecule has 0 saturated carbocycles. The van der Waals surface area contributed by atoms with Crippen molar-refractivity contribution in [2.24, 2.45) is 0 Å². The monoisotopic (exact) mass is 305 g/mol. The third-order valence-electron chi connectivity index (χ3n) is 2.88. The molecule has 0 unspecified atom stereocenters. The molecule has 1 N–H and O–H groups in total. The number of methoxy groups -OCH3 is 1. The number of anilines is 1. The smallest absolute Gasteiger partial charge is 0.343 e. The third-order valence-corrected chi connectivity index (χ3v) is 3.25. The largest absolute Gasteiger partial charge is 0.482 e. The van der Waals surface area contributed by atoms with Crippen molar-refractivity contribution < 1.29 is 14.3 Å². The number of carbonyl (C=O) groups excluding carboxylic acids is 1. The molecule has 110 valence electrons. The Hall–Kier alpha value is -2.20. The second kappa shape index (κ2) is 7.55. The first-order chi connectivity index (χ1) is 10.2. The van der Waals surface area contributed by atoms with Crippen molar-refractivity contribution >= 4 is 23.3 Å². The number of halogens is 1. The fourth-order valence-electron chi connectivity index (χ4n) is 1.71. The van der Waals surface area contributed by atoms with E-state index >= 15 is 0 Å². The van der Waals surface area contributed by atoms with Crippen LogP contribution in [0.3, 0.4) is 0 Å². The molecular formula is C16H16ClNO3. The highest BCUT2D eigenvalue weighted by Gasteiger charge is 2.02. The van der Waals surface area contributed by atoms with E-state index in [-0.39, 0.29) is 6.61 Å². The lowest BCUT2D eigenvalue weighted by atomic mass is 10.2. The maximum Gasteiger partial charge on any atom is 0.343 e. The van der Waals surface area contributed by atoms with Gasteiger partial charge in [-0.1, -0.05) is 29.8 Å². The average molecular weight is 306 g/mol. The van der Waals surface area contributed by atoms with Gasteiger partial charge in [0.1, 0.15) is 5.75 Å². The minimum Gasteiger partial charge on any atom is -0.482 e. The molecule has 0 heterocycles. The van der Waals surface area contributed by atoms with Gasteiger partial charge in [0, 0.05) is 17.3 Å². The Labute approximate surface area is 128 Å². The van der Waals surface area contributed by atoms with Crippen molar-refractivity contribution in [3.63, 3.8) is 0 Å². The number of hydrogen-bond acceptors (Lipinski definition) is 4. The first kappa shape index (κ1) is 15.2. The number of benzene rings is 2. The summed E-state index contributed by atoms with van der Waals surface area (Å²) >= 11 is 6.10. The Morgan fingerprint density at radius 2 is 1.86 bits per heavy atom. The Morgan fingerprint density at radius 1 is 1.14 bits per heavy atom. The van der Waals surface area contributed by atoms with E-state index in [2.05, 4.69) is 10.1 Å². The molecule has 4 nitrogen and oxygen atoms in total. The average Bonchev–Trinajstić information content (AvgIpc) is 2.53. The predicted octanol–water partition coefficient (Wildman–Crippen LogP) is 3.50. The van der Waals surface area contributed by atoms with Crippen LogP contribution in [0.25, 0.3) is 0 Å². The van der Waals surface area contributed by atoms with E-state index in [1.165, 1.54) is 7.11 Å². The summed E-state index contributed by atoms with van der Waals surface area (Å²) in [4.78, 5) is 11.0. The van der Waals surface area contributed by atoms with Crippen LogP contribution in [0.1, 0.15) is 5.56 Å². The van der Waals surface area contributed by atoms with Gasteiger partial charge in [-0.25, -0.2) is 4.79 Å². The van der Waals surface area contributed by atoms with Gasteiger partial charge in [0.05, 0.1) is 7.11 Å². The van der Waals surface area contributed by atoms with Crippen LogP contribution in [-0.2, 0) is 16.1 Å². The number of ether oxygens (including phenoxy) is 2. The van der Waals surface area contributed by atoms with Gasteiger partial charge in [-0.2, -0.15) is 0 Å². The summed E-state index contributed by atoms with van der Waals surface area (Å²) in [6.45, 7) is 0.547. The molecule has 0 aliphatic carbocycles. The van der Waals surface area contributed by atoms with Crippen LogP contribution in [0.4, 0.5) is 5.69 Å². The van der Waals surface area contributed by atoms with Gasteiger partial charge >= 0.3 is 5.97 Å². The minimum atomic E-state index is -0.407. The molecule has 2 aromatic rings. The molecule has 2 rings (SSSR count). The van der Waals surface area contributed by atoms with E-state index in [9.17, 15) is 4.79 Å². The summed E-state index contributed by atoms with van der Waals surface area (Å²) in [5, 5.41) is 4.01. The first-order valence-electron chi connectivity index (χ1n) is 6.46. The SMILES string of the molecule is COC(=O)COc1ccc(NCc2ccccc2Cl)cc1. The molecule has 0 aromatic heterocycles. The molecule has 0 amide bonds. The summed E-state index contributed by atoms with van der Waals surface area (Å²) in [6.07, 6.45) is 0. The zero-order valence-corrected chi connectivity index (χ0v) is 12.4. The fraction of sp³-hybridized carbons (Fsp3) is 0.188. The molecule has 0 radical (unpaired) electrons. The summed E-state index contributed by atoms with van der Waals surface area (Å²) in [7, 11) is 1.33. The van der Waals surface area contributed by atoms with Crippen molar-refractivity contribution in [2.75, 3.05) is 19.0 Å². The molecule has 21 heavy (non-hydrogen) atoms. The number of esters is 1. The standard InChI is InChI=1S/C16H16ClNO3/c1-20-16(19)11-21-14-8-6-13(7-9-14)18-10-12-4-2-3-5-15(12)17/h2-9,18H,10-11H2,1H3. The third kappa shape index (κ3) is 4.68. The van der Waals surface area contributed by atoms with Crippen molar-refractivity contribution in [1.82, 2.24) is 0 Å². The van der Waals surface area contributed by atoms with E-state index in [0.717, 1.165) is 16.3 Å². The first-order valence-corrected chi connectivity index (χ1v) is 6.84. The van der Waals surface area contributed by atoms with Crippen molar-refractivity contribution in [1.29, 1.82) is 0 Å². The predicted molar refractivity (Wildman–Crippen MR) is 82.7 cm³/mol. The Morgan fingerprint density at radius 3 is 2.52 bits per heavy atom. The van der Waals surface area contributed by atoms with Crippen LogP contribution in [-0.4, -0.2) is 19.7 Å². The van der Waals surface area contributed by atoms with Crippen molar-refractivity contribution in [3.05, 3.63) is 59.1 Å². The maximum absolute atomic E-state index is 11.0. The summed E-state index contributed by atoms with van der Waals surface area (Å²) in [5.41, 5.74) is 1.98. The lowest BCUT2D eigenvalue weighted by Gasteiger charge is -2.09. The highest BCUT2D eigenvalue weighted by atomic mass is 35.5. The molecule has 0 saturated heterocycles. The normalized spacial score (nSPS) is 10.0. The van der Waals surface area contributed by atoms with Gasteiger partial charge in [-0.3, -0.25) is 0 Å². The molecule has 0 atom stereocenters. The molecule has 0 aliphatic rings. The highest BCUT2D eigenvalue weighted by molar-refractivity contribution is 6.31. The van der Waals surface area contributed by atoms with Crippen LogP contribution < -0.4 is 10.1 Å². The number of hydrogen-bond donors (Lipinski definition) is 1. The summed E-state index contributed by atoms with van der Waals surface area (Å²) < 4.78 is 9.78. The second-order valence-corrected chi connectivity index (χ2v) is 4.74. The molecule has 2 aromatic carbocycles. The van der Waals surface area contributed by atoms with E-state index in [1.54, 1.807) is 12.1 Å². The van der Waals surface area contributed by atoms with Gasteiger partial charge in [0.25, 0.3) is 0 Å². The van der Waals surface area contributed by atoms with Gasteiger partial charge in [0.15, 0.2) is 6.61 Å². The fourth-order valence-corrected chi connectivity index (χ4v) is 1.91. The lowest BCUT2D eigenvalue weighted by Crippen LogP contribution is -2.12. The van der Waals surface area contributed by atoms with Gasteiger partial charge in [-0.05, 0) is 35.9 Å². The molecule has 0 aliphatic heterocycles. The lowest BCUT2D eigenvalue weighted by molar-refractivity contribution is -0.142. The van der Waals surface area contributed by atoms with Crippen LogP contribution >= 0.6 is 11.6 Å². The van der Waals surface area contributed by atoms with Crippen LogP contribution in [0.5, 0.6) is 5.75 Å². The van der Waals surface area contributed by atoms with Crippen LogP contribution in [0.2, 0.25) is 5.02 Å². The molecule has 0 bridgehead atoms. The van der Waals surface area contributed by atoms with Crippen LogP contribution in [0.15, 0.2) is 48.5 Å². The van der Waals surface area contributed by atoms with E-state index in [0.29, 0.717) is 12.3 Å². The zero-order valence-electron chi connectivity index (χ0n) is 11.6. The van der Waals surface area contributed by atoms with Crippen molar-refractivity contribution in [2.45, 2.75) is 6.54 Å². The number of nitrogens with one attached hydrogen (secondary N) is 1. The zero-order chi connectivity index (χ0) is 15.1. The van der Waals surface area contributed by atoms with E-state index in [4.69, 9.17) is 16.3 Å². The van der Waals surface area contributed by atoms with Gasteiger partial charge in [0.2, 0.25) is 0 Å². The Balaban J connectivity index is 1.88.